The number of thiophene rings is 1. The molecule has 2 unspecified atom stereocenters. The first-order valence-electron chi connectivity index (χ1n) is 9.15. The van der Waals surface area contributed by atoms with E-state index in [0.717, 1.165) is 11.8 Å². The highest BCUT2D eigenvalue weighted by atomic mass is 32.1. The molecular weight excluding hydrogens is 300 g/mol. The van der Waals surface area contributed by atoms with Gasteiger partial charge < -0.3 is 4.57 Å². The van der Waals surface area contributed by atoms with Gasteiger partial charge in [-0.2, -0.15) is 0 Å². The predicted molar refractivity (Wildman–Crippen MR) is 97.8 cm³/mol. The molecule has 1 saturated carbocycles. The van der Waals surface area contributed by atoms with Gasteiger partial charge in [-0.05, 0) is 35.1 Å². The molecule has 23 heavy (non-hydrogen) atoms. The van der Waals surface area contributed by atoms with E-state index >= 15 is 0 Å². The lowest BCUT2D eigenvalue weighted by Crippen LogP contribution is -2.32. The van der Waals surface area contributed by atoms with Gasteiger partial charge in [0.2, 0.25) is 0 Å². The Labute approximate surface area is 144 Å². The molecule has 1 aliphatic heterocycles. The van der Waals surface area contributed by atoms with Gasteiger partial charge in [-0.25, -0.2) is 4.98 Å². The molecular formula is C20H28N2S. The minimum absolute atomic E-state index is 0.378. The minimum atomic E-state index is 0.378. The quantitative estimate of drug-likeness (QED) is 0.661. The van der Waals surface area contributed by atoms with Crippen LogP contribution in [0, 0.1) is 17.3 Å². The largest absolute Gasteiger partial charge is 0.322 e. The third kappa shape index (κ3) is 2.67. The molecule has 4 rings (SSSR count). The maximum absolute atomic E-state index is 4.42. The average molecular weight is 329 g/mol. The molecule has 0 saturated heterocycles. The van der Waals surface area contributed by atoms with Crippen LogP contribution in [-0.2, 0) is 0 Å². The smallest absolute Gasteiger partial charge is 0.0957 e. The van der Waals surface area contributed by atoms with Crippen molar-refractivity contribution in [3.8, 4) is 11.3 Å². The highest BCUT2D eigenvalue weighted by molar-refractivity contribution is 7.10. The van der Waals surface area contributed by atoms with Crippen LogP contribution in [0.25, 0.3) is 11.3 Å². The van der Waals surface area contributed by atoms with Crippen LogP contribution in [0.1, 0.15) is 70.2 Å². The summed E-state index contributed by atoms with van der Waals surface area (Å²) in [7, 11) is 0. The third-order valence-electron chi connectivity index (χ3n) is 6.08. The number of hydrogen-bond acceptors (Lipinski definition) is 2. The fraction of sp³-hybridized carbons (Fsp3) is 0.650. The fourth-order valence-electron chi connectivity index (χ4n) is 4.93. The molecule has 0 amide bonds. The maximum atomic E-state index is 4.42. The number of nitrogens with zero attached hydrogens (tertiary/aromatic N) is 2. The van der Waals surface area contributed by atoms with Crippen molar-refractivity contribution < 1.29 is 0 Å². The van der Waals surface area contributed by atoms with Crippen molar-refractivity contribution in [1.82, 2.24) is 9.55 Å². The molecule has 3 heteroatoms. The lowest BCUT2D eigenvalue weighted by atomic mass is 9.66. The summed E-state index contributed by atoms with van der Waals surface area (Å²) < 4.78 is 2.43. The van der Waals surface area contributed by atoms with E-state index in [0.29, 0.717) is 11.5 Å². The van der Waals surface area contributed by atoms with Crippen LogP contribution in [0.4, 0.5) is 0 Å². The van der Waals surface area contributed by atoms with Gasteiger partial charge in [0, 0.05) is 10.4 Å². The predicted octanol–water partition coefficient (Wildman–Crippen LogP) is 6.15. The number of hydrogen-bond donors (Lipinski definition) is 0. The third-order valence-corrected chi connectivity index (χ3v) is 7.10. The molecule has 1 aliphatic carbocycles. The Hall–Kier alpha value is -1.09. The Morgan fingerprint density at radius 3 is 2.78 bits per heavy atom. The van der Waals surface area contributed by atoms with E-state index in [4.69, 9.17) is 0 Å². The molecule has 1 fully saturated rings. The molecule has 0 spiro atoms. The number of rotatable bonds is 3. The Morgan fingerprint density at radius 2 is 2.04 bits per heavy atom. The Bertz CT molecular complexity index is 630. The van der Waals surface area contributed by atoms with E-state index < -0.39 is 0 Å². The summed E-state index contributed by atoms with van der Waals surface area (Å²) in [4.78, 5) is 5.98. The minimum Gasteiger partial charge on any atom is -0.322 e. The van der Waals surface area contributed by atoms with Gasteiger partial charge in [0.15, 0.2) is 0 Å². The van der Waals surface area contributed by atoms with Gasteiger partial charge in [-0.15, -0.1) is 11.3 Å². The van der Waals surface area contributed by atoms with Crippen LogP contribution in [-0.4, -0.2) is 9.55 Å². The van der Waals surface area contributed by atoms with Crippen molar-refractivity contribution in [2.45, 2.75) is 65.3 Å². The molecule has 2 aromatic heterocycles. The maximum Gasteiger partial charge on any atom is 0.0957 e. The van der Waals surface area contributed by atoms with E-state index in [-0.39, 0.29) is 0 Å². The van der Waals surface area contributed by atoms with E-state index in [1.807, 2.05) is 23.9 Å². The standard InChI is InChI=1S/C20H28N2S/c1-20(2,3)16(14-7-5-4-6-8-14)11-17-19-15(9-10-23-19)18-12-21-13-22(17)18/h9-10,12-14,16-17H,4-8,11H2,1-3H3. The summed E-state index contributed by atoms with van der Waals surface area (Å²) >= 11 is 1.93. The van der Waals surface area contributed by atoms with Gasteiger partial charge in [0.05, 0.1) is 24.3 Å². The van der Waals surface area contributed by atoms with Gasteiger partial charge in [-0.3, -0.25) is 0 Å². The molecule has 0 bridgehead atoms. The van der Waals surface area contributed by atoms with Crippen LogP contribution < -0.4 is 0 Å². The number of aromatic nitrogens is 2. The van der Waals surface area contributed by atoms with Gasteiger partial charge >= 0.3 is 0 Å². The topological polar surface area (TPSA) is 17.8 Å². The van der Waals surface area contributed by atoms with Crippen molar-refractivity contribution in [2.24, 2.45) is 17.3 Å². The zero-order chi connectivity index (χ0) is 16.0. The summed E-state index contributed by atoms with van der Waals surface area (Å²) in [5.74, 6) is 1.69. The van der Waals surface area contributed by atoms with Crippen molar-refractivity contribution in [2.75, 3.05) is 0 Å². The zero-order valence-corrected chi connectivity index (χ0v) is 15.4. The molecule has 124 valence electrons. The molecule has 0 N–H and O–H groups in total. The van der Waals surface area contributed by atoms with Crippen LogP contribution in [0.2, 0.25) is 0 Å². The molecule has 0 aromatic carbocycles. The normalized spacial score (nSPS) is 22.8. The molecule has 2 aliphatic rings. The Morgan fingerprint density at radius 1 is 1.26 bits per heavy atom. The van der Waals surface area contributed by atoms with E-state index in [1.54, 1.807) is 4.88 Å². The Balaban J connectivity index is 1.65. The lowest BCUT2D eigenvalue weighted by Gasteiger charge is -2.40. The fourth-order valence-corrected chi connectivity index (χ4v) is 5.95. The van der Waals surface area contributed by atoms with Gasteiger partial charge in [-0.1, -0.05) is 52.9 Å². The molecule has 2 aromatic rings. The number of imidazole rings is 1. The first-order chi connectivity index (χ1) is 11.1. The highest BCUT2D eigenvalue weighted by Crippen LogP contribution is 2.50. The summed E-state index contributed by atoms with van der Waals surface area (Å²) in [6.07, 6.45) is 12.5. The lowest BCUT2D eigenvalue weighted by molar-refractivity contribution is 0.105. The second-order valence-electron chi connectivity index (χ2n) is 8.51. The summed E-state index contributed by atoms with van der Waals surface area (Å²) in [5.41, 5.74) is 3.12. The van der Waals surface area contributed by atoms with E-state index in [9.17, 15) is 0 Å². The first kappa shape index (κ1) is 15.4. The van der Waals surface area contributed by atoms with Crippen molar-refractivity contribution in [3.63, 3.8) is 0 Å². The summed E-state index contributed by atoms with van der Waals surface area (Å²) in [6.45, 7) is 7.35. The van der Waals surface area contributed by atoms with Crippen molar-refractivity contribution in [3.05, 3.63) is 28.8 Å². The van der Waals surface area contributed by atoms with E-state index in [1.165, 1.54) is 49.8 Å². The first-order valence-corrected chi connectivity index (χ1v) is 10.0. The van der Waals surface area contributed by atoms with Crippen molar-refractivity contribution >= 4 is 11.3 Å². The molecule has 3 heterocycles. The van der Waals surface area contributed by atoms with Crippen LogP contribution >= 0.6 is 11.3 Å². The SMILES string of the molecule is CC(C)(C)C(CC1c2sccc2-c2cncn21)C1CCCCC1. The summed E-state index contributed by atoms with van der Waals surface area (Å²) in [5, 5.41) is 2.25. The Kier molecular flexibility index (Phi) is 3.87. The monoisotopic (exact) mass is 328 g/mol. The van der Waals surface area contributed by atoms with Crippen LogP contribution in [0.3, 0.4) is 0 Å². The highest BCUT2D eigenvalue weighted by Gasteiger charge is 2.38. The van der Waals surface area contributed by atoms with Gasteiger partial charge in [0.1, 0.15) is 0 Å². The van der Waals surface area contributed by atoms with Crippen LogP contribution in [0.5, 0.6) is 0 Å². The molecule has 0 radical (unpaired) electrons. The van der Waals surface area contributed by atoms with Gasteiger partial charge in [0.25, 0.3) is 0 Å². The van der Waals surface area contributed by atoms with E-state index in [2.05, 4.69) is 41.8 Å². The van der Waals surface area contributed by atoms with Crippen molar-refractivity contribution in [1.29, 1.82) is 0 Å². The summed E-state index contributed by atoms with van der Waals surface area (Å²) in [6, 6.07) is 2.79. The molecule has 2 atom stereocenters. The molecule has 2 nitrogen and oxygen atoms in total. The number of fused-ring (bicyclic) bond motifs is 3. The van der Waals surface area contributed by atoms with Crippen LogP contribution in [0.15, 0.2) is 24.0 Å². The average Bonchev–Trinajstić information content (AvgIpc) is 3.19. The second kappa shape index (κ2) is 5.77. The zero-order valence-electron chi connectivity index (χ0n) is 14.6. The second-order valence-corrected chi connectivity index (χ2v) is 9.45.